The monoisotopic (exact) mass is 244 g/mol. The van der Waals surface area contributed by atoms with Crippen LogP contribution < -0.4 is 0 Å². The zero-order valence-electron chi connectivity index (χ0n) is 11.2. The van der Waals surface area contributed by atoms with E-state index < -0.39 is 0 Å². The molecule has 17 heavy (non-hydrogen) atoms. The molecule has 1 heterocycles. The Hall–Kier alpha value is -0.120. The summed E-state index contributed by atoms with van der Waals surface area (Å²) in [4.78, 5) is 0. The minimum absolute atomic E-state index is 0.0937. The quantitative estimate of drug-likeness (QED) is 0.634. The van der Waals surface area contributed by atoms with Crippen molar-refractivity contribution >= 4 is 0 Å². The first kappa shape index (κ1) is 14.9. The van der Waals surface area contributed by atoms with Crippen LogP contribution in [0.1, 0.15) is 58.3 Å². The van der Waals surface area contributed by atoms with Crippen molar-refractivity contribution in [3.8, 4) is 0 Å². The van der Waals surface area contributed by atoms with Crippen LogP contribution in [0.4, 0.5) is 0 Å². The molecule has 102 valence electrons. The van der Waals surface area contributed by atoms with Gasteiger partial charge in [0.05, 0.1) is 25.9 Å². The molecule has 0 aromatic heterocycles. The van der Waals surface area contributed by atoms with Crippen LogP contribution in [0.3, 0.4) is 0 Å². The van der Waals surface area contributed by atoms with Crippen molar-refractivity contribution in [3.63, 3.8) is 0 Å². The van der Waals surface area contributed by atoms with Crippen LogP contribution in [0.15, 0.2) is 0 Å². The maximum Gasteiger partial charge on any atom is 0.107 e. The van der Waals surface area contributed by atoms with E-state index in [1.165, 1.54) is 38.5 Å². The summed E-state index contributed by atoms with van der Waals surface area (Å²) in [5.74, 6) is 0. The first-order valence-corrected chi connectivity index (χ1v) is 7.22. The van der Waals surface area contributed by atoms with Gasteiger partial charge in [0.15, 0.2) is 0 Å². The number of ether oxygens (including phenoxy) is 2. The Morgan fingerprint density at radius 2 is 1.76 bits per heavy atom. The van der Waals surface area contributed by atoms with Crippen LogP contribution in [0.25, 0.3) is 0 Å². The van der Waals surface area contributed by atoms with Crippen LogP contribution in [0.5, 0.6) is 0 Å². The van der Waals surface area contributed by atoms with Gasteiger partial charge in [-0.25, -0.2) is 0 Å². The van der Waals surface area contributed by atoms with Gasteiger partial charge in [0, 0.05) is 0 Å². The van der Waals surface area contributed by atoms with Gasteiger partial charge in [-0.3, -0.25) is 0 Å². The Morgan fingerprint density at radius 1 is 1.06 bits per heavy atom. The number of unbranched alkanes of at least 4 members (excludes halogenated alkanes) is 6. The number of aliphatic hydroxyl groups is 1. The van der Waals surface area contributed by atoms with Crippen molar-refractivity contribution in [1.29, 1.82) is 0 Å². The van der Waals surface area contributed by atoms with Crippen molar-refractivity contribution in [3.05, 3.63) is 0 Å². The highest BCUT2D eigenvalue weighted by molar-refractivity contribution is 4.71. The standard InChI is InChI=1S/C14H28O3/c1-2-3-4-5-6-7-8-9-13(15)14-12-16-10-11-17-14/h13-15H,2-12H2,1H3. The van der Waals surface area contributed by atoms with Gasteiger partial charge >= 0.3 is 0 Å². The summed E-state index contributed by atoms with van der Waals surface area (Å²) < 4.78 is 10.8. The van der Waals surface area contributed by atoms with Crippen LogP contribution in [0.2, 0.25) is 0 Å². The highest BCUT2D eigenvalue weighted by Gasteiger charge is 2.22. The summed E-state index contributed by atoms with van der Waals surface area (Å²) in [6, 6.07) is 0. The zero-order valence-corrected chi connectivity index (χ0v) is 11.2. The second-order valence-corrected chi connectivity index (χ2v) is 4.96. The molecule has 2 atom stereocenters. The Labute approximate surface area is 105 Å². The molecule has 0 saturated carbocycles. The minimum atomic E-state index is -0.342. The SMILES string of the molecule is CCCCCCCCCC(O)C1COCCO1. The molecular weight excluding hydrogens is 216 g/mol. The van der Waals surface area contributed by atoms with Crippen molar-refractivity contribution in [2.45, 2.75) is 70.5 Å². The molecule has 1 aliphatic rings. The van der Waals surface area contributed by atoms with E-state index in [9.17, 15) is 5.11 Å². The molecule has 1 fully saturated rings. The van der Waals surface area contributed by atoms with Crippen LogP contribution >= 0.6 is 0 Å². The van der Waals surface area contributed by atoms with Gasteiger partial charge < -0.3 is 14.6 Å². The molecule has 1 saturated heterocycles. The summed E-state index contributed by atoms with van der Waals surface area (Å²) in [5, 5.41) is 9.91. The predicted molar refractivity (Wildman–Crippen MR) is 69.2 cm³/mol. The molecule has 2 unspecified atom stereocenters. The molecule has 1 aliphatic heterocycles. The summed E-state index contributed by atoms with van der Waals surface area (Å²) in [7, 11) is 0. The van der Waals surface area contributed by atoms with E-state index in [0.717, 1.165) is 12.8 Å². The van der Waals surface area contributed by atoms with E-state index >= 15 is 0 Å². The van der Waals surface area contributed by atoms with Crippen LogP contribution in [0, 0.1) is 0 Å². The summed E-state index contributed by atoms with van der Waals surface area (Å²) in [6.45, 7) is 4.08. The Balaban J connectivity index is 1.90. The van der Waals surface area contributed by atoms with Crippen molar-refractivity contribution in [2.75, 3.05) is 19.8 Å². The zero-order chi connectivity index (χ0) is 12.3. The molecule has 0 amide bonds. The molecule has 1 rings (SSSR count). The lowest BCUT2D eigenvalue weighted by Crippen LogP contribution is -2.38. The summed E-state index contributed by atoms with van der Waals surface area (Å²) >= 11 is 0. The minimum Gasteiger partial charge on any atom is -0.390 e. The topological polar surface area (TPSA) is 38.7 Å². The largest absolute Gasteiger partial charge is 0.390 e. The predicted octanol–water partition coefficient (Wildman–Crippen LogP) is 2.90. The van der Waals surface area contributed by atoms with Gasteiger partial charge in [-0.05, 0) is 6.42 Å². The number of aliphatic hydroxyl groups excluding tert-OH is 1. The molecule has 0 aromatic rings. The van der Waals surface area contributed by atoms with Crippen LogP contribution in [-0.4, -0.2) is 37.1 Å². The van der Waals surface area contributed by atoms with Crippen molar-refractivity contribution in [1.82, 2.24) is 0 Å². The average molecular weight is 244 g/mol. The fourth-order valence-electron chi connectivity index (χ4n) is 2.22. The maximum absolute atomic E-state index is 9.91. The molecule has 0 spiro atoms. The van der Waals surface area contributed by atoms with E-state index in [1.54, 1.807) is 0 Å². The number of hydrogen-bond acceptors (Lipinski definition) is 3. The molecular formula is C14H28O3. The third-order valence-corrected chi connectivity index (χ3v) is 3.37. The molecule has 0 bridgehead atoms. The lowest BCUT2D eigenvalue weighted by molar-refractivity contribution is -0.133. The highest BCUT2D eigenvalue weighted by atomic mass is 16.6. The second kappa shape index (κ2) is 9.86. The first-order valence-electron chi connectivity index (χ1n) is 7.22. The van der Waals surface area contributed by atoms with Gasteiger partial charge in [-0.2, -0.15) is 0 Å². The lowest BCUT2D eigenvalue weighted by Gasteiger charge is -2.27. The van der Waals surface area contributed by atoms with E-state index in [0.29, 0.717) is 19.8 Å². The number of rotatable bonds is 9. The third-order valence-electron chi connectivity index (χ3n) is 3.37. The number of hydrogen-bond donors (Lipinski definition) is 1. The average Bonchev–Trinajstić information content (AvgIpc) is 2.38. The highest BCUT2D eigenvalue weighted by Crippen LogP contribution is 2.14. The van der Waals surface area contributed by atoms with Gasteiger partial charge in [0.25, 0.3) is 0 Å². The van der Waals surface area contributed by atoms with E-state index in [-0.39, 0.29) is 12.2 Å². The smallest absolute Gasteiger partial charge is 0.107 e. The van der Waals surface area contributed by atoms with Crippen LogP contribution in [-0.2, 0) is 9.47 Å². The Bertz CT molecular complexity index is 167. The lowest BCUT2D eigenvalue weighted by atomic mass is 10.0. The molecule has 0 aromatic carbocycles. The molecule has 3 nitrogen and oxygen atoms in total. The Kier molecular flexibility index (Phi) is 8.67. The van der Waals surface area contributed by atoms with Crippen molar-refractivity contribution < 1.29 is 14.6 Å². The second-order valence-electron chi connectivity index (χ2n) is 4.96. The summed E-state index contributed by atoms with van der Waals surface area (Å²) in [6.07, 6.45) is 9.41. The van der Waals surface area contributed by atoms with E-state index in [4.69, 9.17) is 9.47 Å². The molecule has 1 N–H and O–H groups in total. The third kappa shape index (κ3) is 7.02. The van der Waals surface area contributed by atoms with Crippen molar-refractivity contribution in [2.24, 2.45) is 0 Å². The maximum atomic E-state index is 9.91. The fourth-order valence-corrected chi connectivity index (χ4v) is 2.22. The summed E-state index contributed by atoms with van der Waals surface area (Å²) in [5.41, 5.74) is 0. The fraction of sp³-hybridized carbons (Fsp3) is 1.00. The van der Waals surface area contributed by atoms with E-state index in [2.05, 4.69) is 6.92 Å². The first-order chi connectivity index (χ1) is 8.34. The molecule has 0 radical (unpaired) electrons. The van der Waals surface area contributed by atoms with Gasteiger partial charge in [-0.15, -0.1) is 0 Å². The molecule has 0 aliphatic carbocycles. The Morgan fingerprint density at radius 3 is 2.41 bits per heavy atom. The van der Waals surface area contributed by atoms with Gasteiger partial charge in [-0.1, -0.05) is 51.9 Å². The van der Waals surface area contributed by atoms with Gasteiger partial charge in [0.1, 0.15) is 6.10 Å². The normalized spacial score (nSPS) is 22.6. The van der Waals surface area contributed by atoms with Gasteiger partial charge in [0.2, 0.25) is 0 Å². The van der Waals surface area contributed by atoms with E-state index in [1.807, 2.05) is 0 Å². The molecule has 3 heteroatoms.